The van der Waals surface area contributed by atoms with Crippen LogP contribution in [0.15, 0.2) is 24.3 Å². The third kappa shape index (κ3) is 3.42. The van der Waals surface area contributed by atoms with Gasteiger partial charge in [0, 0.05) is 5.56 Å². The molecule has 2 nitrogen and oxygen atoms in total. The van der Waals surface area contributed by atoms with E-state index >= 15 is 0 Å². The highest BCUT2D eigenvalue weighted by atomic mass is 16.5. The van der Waals surface area contributed by atoms with Crippen LogP contribution in [0, 0.1) is 11.3 Å². The van der Waals surface area contributed by atoms with Crippen LogP contribution in [0.25, 0.3) is 0 Å². The summed E-state index contributed by atoms with van der Waals surface area (Å²) < 4.78 is 5.71. The summed E-state index contributed by atoms with van der Waals surface area (Å²) in [6.45, 7) is 9.61. The topological polar surface area (TPSA) is 29.5 Å². The molecule has 1 aromatic rings. The van der Waals surface area contributed by atoms with Gasteiger partial charge in [0.1, 0.15) is 5.75 Å². The van der Waals surface area contributed by atoms with Gasteiger partial charge in [-0.15, -0.1) is 0 Å². The number of ether oxygens (including phenoxy) is 1. The zero-order valence-corrected chi connectivity index (χ0v) is 14.0. The standard InChI is InChI=1S/C19H30O2/c1-5-18(3,4)15-11-13-19(20,14-12-15)16-9-7-8-10-17(16)21-6-2/h7-10,15,20H,5-6,11-14H2,1-4H3. The van der Waals surface area contributed by atoms with Crippen molar-refractivity contribution in [1.29, 1.82) is 0 Å². The van der Waals surface area contributed by atoms with Crippen molar-refractivity contribution in [3.05, 3.63) is 29.8 Å². The van der Waals surface area contributed by atoms with E-state index in [0.717, 1.165) is 37.0 Å². The molecule has 2 rings (SSSR count). The van der Waals surface area contributed by atoms with Crippen LogP contribution >= 0.6 is 0 Å². The van der Waals surface area contributed by atoms with Crippen molar-refractivity contribution in [2.45, 2.75) is 65.4 Å². The second kappa shape index (κ2) is 6.39. The van der Waals surface area contributed by atoms with Gasteiger partial charge in [-0.1, -0.05) is 45.4 Å². The molecule has 1 aromatic carbocycles. The van der Waals surface area contributed by atoms with Gasteiger partial charge in [-0.2, -0.15) is 0 Å². The lowest BCUT2D eigenvalue weighted by atomic mass is 9.65. The first-order valence-electron chi connectivity index (χ1n) is 8.37. The molecule has 0 saturated heterocycles. The molecule has 1 aliphatic rings. The fraction of sp³-hybridized carbons (Fsp3) is 0.684. The molecule has 0 amide bonds. The fourth-order valence-electron chi connectivity index (χ4n) is 3.57. The van der Waals surface area contributed by atoms with Crippen LogP contribution in [-0.2, 0) is 5.60 Å². The maximum atomic E-state index is 11.1. The minimum atomic E-state index is -0.716. The maximum absolute atomic E-state index is 11.1. The van der Waals surface area contributed by atoms with Gasteiger partial charge in [0.25, 0.3) is 0 Å². The molecule has 0 aliphatic heterocycles. The zero-order valence-electron chi connectivity index (χ0n) is 14.0. The van der Waals surface area contributed by atoms with Crippen molar-refractivity contribution < 1.29 is 9.84 Å². The molecule has 2 heteroatoms. The smallest absolute Gasteiger partial charge is 0.125 e. The number of benzene rings is 1. The van der Waals surface area contributed by atoms with Crippen LogP contribution in [-0.4, -0.2) is 11.7 Å². The Hall–Kier alpha value is -1.02. The second-order valence-electron chi connectivity index (χ2n) is 7.08. The van der Waals surface area contributed by atoms with Gasteiger partial charge >= 0.3 is 0 Å². The first-order chi connectivity index (χ1) is 9.93. The van der Waals surface area contributed by atoms with Crippen LogP contribution in [0.4, 0.5) is 0 Å². The van der Waals surface area contributed by atoms with Crippen LogP contribution in [0.2, 0.25) is 0 Å². The van der Waals surface area contributed by atoms with E-state index in [1.807, 2.05) is 31.2 Å². The monoisotopic (exact) mass is 290 g/mol. The fourth-order valence-corrected chi connectivity index (χ4v) is 3.57. The summed E-state index contributed by atoms with van der Waals surface area (Å²) in [5.74, 6) is 1.55. The minimum absolute atomic E-state index is 0.376. The Labute approximate surface area is 129 Å². The van der Waals surface area contributed by atoms with Gasteiger partial charge in [0.15, 0.2) is 0 Å². The summed E-state index contributed by atoms with van der Waals surface area (Å²) in [5, 5.41) is 11.1. The quantitative estimate of drug-likeness (QED) is 0.835. The summed E-state index contributed by atoms with van der Waals surface area (Å²) in [6, 6.07) is 7.97. The van der Waals surface area contributed by atoms with E-state index in [0.29, 0.717) is 17.9 Å². The van der Waals surface area contributed by atoms with E-state index in [2.05, 4.69) is 20.8 Å². The number of aliphatic hydroxyl groups is 1. The maximum Gasteiger partial charge on any atom is 0.125 e. The molecule has 0 spiro atoms. The molecule has 0 bridgehead atoms. The van der Waals surface area contributed by atoms with Crippen LogP contribution in [0.1, 0.15) is 65.4 Å². The molecule has 1 saturated carbocycles. The van der Waals surface area contributed by atoms with Gasteiger partial charge in [-0.3, -0.25) is 0 Å². The third-order valence-electron chi connectivity index (χ3n) is 5.52. The van der Waals surface area contributed by atoms with Gasteiger partial charge in [-0.25, -0.2) is 0 Å². The Morgan fingerprint density at radius 2 is 1.81 bits per heavy atom. The Morgan fingerprint density at radius 1 is 1.19 bits per heavy atom. The Kier molecular flexibility index (Phi) is 4.98. The van der Waals surface area contributed by atoms with Crippen molar-refractivity contribution in [2.24, 2.45) is 11.3 Å². The van der Waals surface area contributed by atoms with Crippen molar-refractivity contribution in [3.63, 3.8) is 0 Å². The molecular weight excluding hydrogens is 260 g/mol. The molecule has 21 heavy (non-hydrogen) atoms. The molecule has 0 unspecified atom stereocenters. The lowest BCUT2D eigenvalue weighted by Crippen LogP contribution is -2.36. The molecule has 0 heterocycles. The zero-order chi connectivity index (χ0) is 15.5. The SMILES string of the molecule is CCOc1ccccc1C1(O)CCC(C(C)(C)CC)CC1. The molecule has 118 valence electrons. The average molecular weight is 290 g/mol. The van der Waals surface area contributed by atoms with Crippen LogP contribution in [0.5, 0.6) is 5.75 Å². The highest BCUT2D eigenvalue weighted by Crippen LogP contribution is 2.48. The lowest BCUT2D eigenvalue weighted by Gasteiger charge is -2.43. The van der Waals surface area contributed by atoms with E-state index < -0.39 is 5.60 Å². The Balaban J connectivity index is 2.16. The number of rotatable bonds is 5. The van der Waals surface area contributed by atoms with E-state index in [9.17, 15) is 5.11 Å². The second-order valence-corrected chi connectivity index (χ2v) is 7.08. The van der Waals surface area contributed by atoms with Crippen LogP contribution < -0.4 is 4.74 Å². The van der Waals surface area contributed by atoms with Gasteiger partial charge < -0.3 is 9.84 Å². The summed E-state index contributed by atoms with van der Waals surface area (Å²) in [4.78, 5) is 0. The van der Waals surface area contributed by atoms with E-state index in [1.54, 1.807) is 0 Å². The highest BCUT2D eigenvalue weighted by molar-refractivity contribution is 5.38. The Morgan fingerprint density at radius 3 is 2.38 bits per heavy atom. The molecule has 1 fully saturated rings. The predicted molar refractivity (Wildman–Crippen MR) is 87.5 cm³/mol. The highest BCUT2D eigenvalue weighted by Gasteiger charge is 2.40. The van der Waals surface area contributed by atoms with Gasteiger partial charge in [0.05, 0.1) is 12.2 Å². The van der Waals surface area contributed by atoms with E-state index in [4.69, 9.17) is 4.74 Å². The largest absolute Gasteiger partial charge is 0.493 e. The van der Waals surface area contributed by atoms with E-state index in [-0.39, 0.29) is 0 Å². The van der Waals surface area contributed by atoms with Crippen molar-refractivity contribution >= 4 is 0 Å². The van der Waals surface area contributed by atoms with Gasteiger partial charge in [-0.05, 0) is 50.0 Å². The van der Waals surface area contributed by atoms with Crippen molar-refractivity contribution in [3.8, 4) is 5.75 Å². The number of para-hydroxylation sites is 1. The predicted octanol–water partition coefficient (Wildman–Crippen LogP) is 4.90. The molecule has 1 aliphatic carbocycles. The first kappa shape index (κ1) is 16.4. The molecule has 0 radical (unpaired) electrons. The molecule has 0 atom stereocenters. The summed E-state index contributed by atoms with van der Waals surface area (Å²) in [5.41, 5.74) is 0.631. The van der Waals surface area contributed by atoms with Crippen LogP contribution in [0.3, 0.4) is 0 Å². The minimum Gasteiger partial charge on any atom is -0.493 e. The summed E-state index contributed by atoms with van der Waals surface area (Å²) in [6.07, 6.45) is 5.07. The molecule has 0 aromatic heterocycles. The van der Waals surface area contributed by atoms with Crippen molar-refractivity contribution in [2.75, 3.05) is 6.61 Å². The lowest BCUT2D eigenvalue weighted by molar-refractivity contribution is -0.0344. The summed E-state index contributed by atoms with van der Waals surface area (Å²) in [7, 11) is 0. The normalized spacial score (nSPS) is 26.6. The van der Waals surface area contributed by atoms with E-state index in [1.165, 1.54) is 6.42 Å². The Bertz CT molecular complexity index is 456. The van der Waals surface area contributed by atoms with Gasteiger partial charge in [0.2, 0.25) is 0 Å². The third-order valence-corrected chi connectivity index (χ3v) is 5.52. The number of hydrogen-bond acceptors (Lipinski definition) is 2. The average Bonchev–Trinajstić information content (AvgIpc) is 2.48. The van der Waals surface area contributed by atoms with Crippen molar-refractivity contribution in [1.82, 2.24) is 0 Å². The molecule has 1 N–H and O–H groups in total. The number of hydrogen-bond donors (Lipinski definition) is 1. The molecular formula is C19H30O2. The first-order valence-corrected chi connectivity index (χ1v) is 8.37. The summed E-state index contributed by atoms with van der Waals surface area (Å²) >= 11 is 0.